The summed E-state index contributed by atoms with van der Waals surface area (Å²) in [6, 6.07) is 15.1. The Morgan fingerprint density at radius 3 is 2.50 bits per heavy atom. The average molecular weight is 373 g/mol. The summed E-state index contributed by atoms with van der Waals surface area (Å²) < 4.78 is 0. The maximum Gasteiger partial charge on any atom is 0.0533 e. The highest BCUT2D eigenvalue weighted by Gasteiger charge is 2.13. The number of benzene rings is 2. The summed E-state index contributed by atoms with van der Waals surface area (Å²) in [6.07, 6.45) is 10.9. The molecule has 1 aromatic heterocycles. The van der Waals surface area contributed by atoms with E-state index >= 15 is 0 Å². The molecule has 0 saturated heterocycles. The van der Waals surface area contributed by atoms with E-state index in [2.05, 4.69) is 72.8 Å². The monoisotopic (exact) mass is 372 g/mol. The lowest BCUT2D eigenvalue weighted by Crippen LogP contribution is -2.02. The average Bonchev–Trinajstić information content (AvgIpc) is 3.22. The van der Waals surface area contributed by atoms with Gasteiger partial charge in [-0.2, -0.15) is 0 Å². The predicted molar refractivity (Wildman–Crippen MR) is 126 cm³/mol. The van der Waals surface area contributed by atoms with Crippen LogP contribution in [-0.4, -0.2) is 4.98 Å². The highest BCUT2D eigenvalue weighted by Crippen LogP contribution is 2.35. The zero-order valence-electron chi connectivity index (χ0n) is 17.4. The second kappa shape index (κ2) is 11.0. The first-order chi connectivity index (χ1) is 13.8. The van der Waals surface area contributed by atoms with Crippen molar-refractivity contribution in [2.45, 2.75) is 40.0 Å². The van der Waals surface area contributed by atoms with Crippen LogP contribution in [0.15, 0.2) is 85.7 Å². The first-order valence-electron chi connectivity index (χ1n) is 10.2. The number of unbranched alkanes of at least 4 members (excludes halogenated alkanes) is 1. The molecule has 0 spiro atoms. The summed E-state index contributed by atoms with van der Waals surface area (Å²) in [5.41, 5.74) is 7.13. The summed E-state index contributed by atoms with van der Waals surface area (Å²) in [6.45, 7) is 13.9. The van der Waals surface area contributed by atoms with E-state index in [-0.39, 0.29) is 0 Å². The number of H-pyrrole nitrogens is 1. The van der Waals surface area contributed by atoms with E-state index in [1.807, 2.05) is 32.2 Å². The molecule has 3 aromatic rings. The fourth-order valence-electron chi connectivity index (χ4n) is 3.33. The lowest BCUT2D eigenvalue weighted by atomic mass is 9.93. The number of fused-ring (bicyclic) bond motifs is 1. The van der Waals surface area contributed by atoms with Crippen molar-refractivity contribution in [2.75, 3.05) is 5.32 Å². The Morgan fingerprint density at radius 2 is 1.79 bits per heavy atom. The van der Waals surface area contributed by atoms with Gasteiger partial charge < -0.3 is 10.3 Å². The van der Waals surface area contributed by atoms with Crippen LogP contribution in [0.4, 0.5) is 5.69 Å². The summed E-state index contributed by atoms with van der Waals surface area (Å²) >= 11 is 0. The maximum absolute atomic E-state index is 3.90. The fraction of sp³-hybridized carbons (Fsp3) is 0.231. The van der Waals surface area contributed by atoms with Crippen LogP contribution in [0.2, 0.25) is 0 Å². The van der Waals surface area contributed by atoms with Crippen LogP contribution in [0.1, 0.15) is 39.2 Å². The maximum atomic E-state index is 3.90. The number of rotatable bonds is 8. The summed E-state index contributed by atoms with van der Waals surface area (Å²) in [5, 5.41) is 4.76. The molecular weight excluding hydrogens is 340 g/mol. The van der Waals surface area contributed by atoms with Crippen LogP contribution >= 0.6 is 0 Å². The third kappa shape index (κ3) is 4.83. The Labute approximate surface area is 169 Å². The highest BCUT2D eigenvalue weighted by molar-refractivity contribution is 5.95. The summed E-state index contributed by atoms with van der Waals surface area (Å²) in [5.74, 6) is 0. The van der Waals surface area contributed by atoms with E-state index < -0.39 is 0 Å². The van der Waals surface area contributed by atoms with Crippen molar-refractivity contribution in [3.63, 3.8) is 0 Å². The van der Waals surface area contributed by atoms with Crippen molar-refractivity contribution in [1.29, 1.82) is 0 Å². The number of aromatic amines is 1. The smallest absolute Gasteiger partial charge is 0.0533 e. The standard InChI is InChI=1S/C24H26N2.C2H6/c1-4-7-12-21-20(22-14-8-11-18-16-17-25-24(18)22)13-9-15-23(21)26-19(6-3)10-5-2;1-2/h5-6,8-11,13-17,25-26H,2-4,7,12H2,1H3;1-2H3/b19-10+;. The van der Waals surface area contributed by atoms with Gasteiger partial charge in [-0.1, -0.05) is 76.8 Å². The van der Waals surface area contributed by atoms with E-state index in [9.17, 15) is 0 Å². The minimum absolute atomic E-state index is 0.952. The molecule has 0 amide bonds. The number of allylic oxidation sites excluding steroid dienone is 3. The topological polar surface area (TPSA) is 27.8 Å². The minimum atomic E-state index is 0.952. The van der Waals surface area contributed by atoms with E-state index in [1.54, 1.807) is 6.08 Å². The molecule has 0 unspecified atom stereocenters. The third-order valence-electron chi connectivity index (χ3n) is 4.63. The Bertz CT molecular complexity index is 944. The van der Waals surface area contributed by atoms with Crippen molar-refractivity contribution in [1.82, 2.24) is 4.98 Å². The van der Waals surface area contributed by atoms with E-state index in [4.69, 9.17) is 0 Å². The van der Waals surface area contributed by atoms with Gasteiger partial charge in [0.2, 0.25) is 0 Å². The van der Waals surface area contributed by atoms with E-state index in [0.29, 0.717) is 0 Å². The van der Waals surface area contributed by atoms with Crippen molar-refractivity contribution in [2.24, 2.45) is 0 Å². The first kappa shape index (κ1) is 21.3. The molecule has 3 rings (SSSR count). The molecule has 2 N–H and O–H groups in total. The zero-order chi connectivity index (χ0) is 20.4. The first-order valence-corrected chi connectivity index (χ1v) is 10.2. The van der Waals surface area contributed by atoms with Crippen molar-refractivity contribution in [3.8, 4) is 11.1 Å². The number of para-hydroxylation sites is 1. The van der Waals surface area contributed by atoms with E-state index in [1.165, 1.54) is 27.6 Å². The molecule has 0 radical (unpaired) electrons. The number of hydrogen-bond donors (Lipinski definition) is 2. The molecule has 1 heterocycles. The molecule has 2 heteroatoms. The molecule has 0 fully saturated rings. The van der Waals surface area contributed by atoms with E-state index in [0.717, 1.165) is 30.6 Å². The van der Waals surface area contributed by atoms with Crippen LogP contribution in [0, 0.1) is 0 Å². The van der Waals surface area contributed by atoms with Crippen molar-refractivity contribution in [3.05, 3.63) is 91.3 Å². The molecule has 0 bridgehead atoms. The zero-order valence-corrected chi connectivity index (χ0v) is 17.4. The Kier molecular flexibility index (Phi) is 8.36. The number of anilines is 1. The van der Waals surface area contributed by atoms with Gasteiger partial charge in [-0.3, -0.25) is 0 Å². The highest BCUT2D eigenvalue weighted by atomic mass is 14.9. The molecular formula is C26H32N2. The quantitative estimate of drug-likeness (QED) is 0.387. The Balaban J connectivity index is 0.00000136. The van der Waals surface area contributed by atoms with Gasteiger partial charge in [-0.15, -0.1) is 0 Å². The molecule has 28 heavy (non-hydrogen) atoms. The second-order valence-electron chi connectivity index (χ2n) is 6.37. The number of nitrogens with one attached hydrogen (secondary N) is 2. The van der Waals surface area contributed by atoms with Gasteiger partial charge >= 0.3 is 0 Å². The van der Waals surface area contributed by atoms with Gasteiger partial charge in [-0.05, 0) is 53.6 Å². The van der Waals surface area contributed by atoms with Gasteiger partial charge in [0, 0.05) is 23.1 Å². The lowest BCUT2D eigenvalue weighted by Gasteiger charge is -2.17. The minimum Gasteiger partial charge on any atom is -0.361 e. The van der Waals surface area contributed by atoms with Gasteiger partial charge in [0.15, 0.2) is 0 Å². The molecule has 2 nitrogen and oxygen atoms in total. The fourth-order valence-corrected chi connectivity index (χ4v) is 3.33. The molecule has 0 aliphatic heterocycles. The van der Waals surface area contributed by atoms with Crippen LogP contribution < -0.4 is 5.32 Å². The SMILES string of the molecule is C=C/C=C(\C=C)Nc1cccc(-c2cccc3cc[nH]c23)c1CCCC.CC. The molecule has 0 aliphatic rings. The van der Waals surface area contributed by atoms with Gasteiger partial charge in [-0.25, -0.2) is 0 Å². The number of aromatic nitrogens is 1. The predicted octanol–water partition coefficient (Wildman–Crippen LogP) is 7.87. The van der Waals surface area contributed by atoms with Crippen molar-refractivity contribution < 1.29 is 0 Å². The van der Waals surface area contributed by atoms with Crippen LogP contribution in [0.5, 0.6) is 0 Å². The van der Waals surface area contributed by atoms with Crippen LogP contribution in [-0.2, 0) is 6.42 Å². The molecule has 0 aliphatic carbocycles. The lowest BCUT2D eigenvalue weighted by molar-refractivity contribution is 0.797. The van der Waals surface area contributed by atoms with Gasteiger partial charge in [0.05, 0.1) is 5.52 Å². The number of hydrogen-bond acceptors (Lipinski definition) is 1. The summed E-state index contributed by atoms with van der Waals surface area (Å²) in [7, 11) is 0. The molecule has 0 saturated carbocycles. The van der Waals surface area contributed by atoms with Gasteiger partial charge in [0.25, 0.3) is 0 Å². The Hall–Kier alpha value is -3.00. The molecule has 0 atom stereocenters. The largest absolute Gasteiger partial charge is 0.361 e. The van der Waals surface area contributed by atoms with Crippen LogP contribution in [0.25, 0.3) is 22.0 Å². The normalized spacial score (nSPS) is 10.9. The third-order valence-corrected chi connectivity index (χ3v) is 4.63. The van der Waals surface area contributed by atoms with Crippen LogP contribution in [0.3, 0.4) is 0 Å². The summed E-state index contributed by atoms with van der Waals surface area (Å²) in [4.78, 5) is 3.40. The second-order valence-corrected chi connectivity index (χ2v) is 6.37. The van der Waals surface area contributed by atoms with Crippen molar-refractivity contribution >= 4 is 16.6 Å². The molecule has 146 valence electrons. The Morgan fingerprint density at radius 1 is 1.04 bits per heavy atom. The molecule has 2 aromatic carbocycles. The van der Waals surface area contributed by atoms with Gasteiger partial charge in [0.1, 0.15) is 0 Å².